The molecule has 0 aromatic heterocycles. The van der Waals surface area contributed by atoms with E-state index in [0.29, 0.717) is 6.10 Å². The minimum absolute atomic E-state index is 0.434. The van der Waals surface area contributed by atoms with Gasteiger partial charge in [0.05, 0.1) is 6.10 Å². The summed E-state index contributed by atoms with van der Waals surface area (Å²) in [6, 6.07) is 0. The monoisotopic (exact) mass is 306 g/mol. The van der Waals surface area contributed by atoms with Crippen molar-refractivity contribution < 1.29 is 4.74 Å². The fourth-order valence-corrected chi connectivity index (χ4v) is 3.77. The molecule has 1 nitrogen and oxygen atoms in total. The Hall–Kier alpha value is 0.430. The molecular formula is C12H19IO. The van der Waals surface area contributed by atoms with E-state index in [-0.39, 0.29) is 0 Å². The summed E-state index contributed by atoms with van der Waals surface area (Å²) in [7, 11) is 0. The van der Waals surface area contributed by atoms with Gasteiger partial charge in [0.2, 0.25) is 0 Å². The van der Waals surface area contributed by atoms with E-state index in [0.717, 1.165) is 12.5 Å². The summed E-state index contributed by atoms with van der Waals surface area (Å²) >= 11 is 2.53. The van der Waals surface area contributed by atoms with E-state index in [2.05, 4.69) is 29.5 Å². The maximum Gasteiger partial charge on any atom is 0.0907 e. The second kappa shape index (κ2) is 4.97. The summed E-state index contributed by atoms with van der Waals surface area (Å²) < 4.78 is 7.35. The molecule has 0 unspecified atom stereocenters. The molecule has 14 heavy (non-hydrogen) atoms. The molecule has 2 rings (SSSR count). The van der Waals surface area contributed by atoms with Crippen LogP contribution in [-0.2, 0) is 4.74 Å². The van der Waals surface area contributed by atoms with Crippen LogP contribution in [0.2, 0.25) is 0 Å². The van der Waals surface area contributed by atoms with Gasteiger partial charge in [-0.25, -0.2) is 0 Å². The molecule has 2 atom stereocenters. The lowest BCUT2D eigenvalue weighted by Gasteiger charge is -2.21. The molecule has 80 valence electrons. The first-order chi connectivity index (χ1) is 6.79. The van der Waals surface area contributed by atoms with Crippen molar-refractivity contribution in [2.24, 2.45) is 5.92 Å². The second-order valence-electron chi connectivity index (χ2n) is 4.57. The van der Waals surface area contributed by atoms with Gasteiger partial charge in [-0.15, -0.1) is 0 Å². The van der Waals surface area contributed by atoms with Crippen LogP contribution in [0.1, 0.15) is 45.4 Å². The predicted octanol–water partition coefficient (Wildman–Crippen LogP) is 4.06. The Labute approximate surface area is 100 Å². The van der Waals surface area contributed by atoms with E-state index in [4.69, 9.17) is 4.74 Å². The Bertz CT molecular complexity index is 226. The van der Waals surface area contributed by atoms with Gasteiger partial charge < -0.3 is 4.74 Å². The van der Waals surface area contributed by atoms with Crippen LogP contribution in [0.25, 0.3) is 0 Å². The highest BCUT2D eigenvalue weighted by Crippen LogP contribution is 2.36. The minimum Gasteiger partial charge on any atom is -0.373 e. The zero-order valence-electron chi connectivity index (χ0n) is 8.89. The number of hydrogen-bond donors (Lipinski definition) is 0. The molecule has 0 amide bonds. The average Bonchev–Trinajstić information content (AvgIpc) is 2.65. The highest BCUT2D eigenvalue weighted by Gasteiger charge is 2.28. The lowest BCUT2D eigenvalue weighted by atomic mass is 9.92. The highest BCUT2D eigenvalue weighted by molar-refractivity contribution is 14.1. The van der Waals surface area contributed by atoms with Crippen LogP contribution in [0.15, 0.2) is 9.15 Å². The molecule has 1 aliphatic carbocycles. The molecule has 1 saturated heterocycles. The van der Waals surface area contributed by atoms with E-state index in [9.17, 15) is 0 Å². The van der Waals surface area contributed by atoms with Gasteiger partial charge in [0.15, 0.2) is 0 Å². The SMILES string of the molecule is C[C@@H]1CCO[C@H]1C(I)=C1CCCCC1. The summed E-state index contributed by atoms with van der Waals surface area (Å²) in [6.07, 6.45) is 8.53. The topological polar surface area (TPSA) is 9.23 Å². The normalized spacial score (nSPS) is 33.4. The van der Waals surface area contributed by atoms with Gasteiger partial charge >= 0.3 is 0 Å². The third-order valence-corrected chi connectivity index (χ3v) is 4.81. The van der Waals surface area contributed by atoms with Crippen LogP contribution in [0.4, 0.5) is 0 Å². The predicted molar refractivity (Wildman–Crippen MR) is 67.7 cm³/mol. The van der Waals surface area contributed by atoms with Crippen molar-refractivity contribution in [2.45, 2.75) is 51.6 Å². The molecule has 0 aromatic carbocycles. The number of rotatable bonds is 1. The van der Waals surface area contributed by atoms with Crippen molar-refractivity contribution in [3.05, 3.63) is 9.15 Å². The minimum atomic E-state index is 0.434. The standard InChI is InChI=1S/C12H19IO/c1-9-7-8-14-12(9)11(13)10-5-3-2-4-6-10/h9,12H,2-8H2,1H3/t9-,12-/m1/s1. The van der Waals surface area contributed by atoms with Crippen LogP contribution >= 0.6 is 22.6 Å². The summed E-state index contributed by atoms with van der Waals surface area (Å²) in [4.78, 5) is 0. The van der Waals surface area contributed by atoms with E-state index in [1.165, 1.54) is 42.1 Å². The molecule has 2 heteroatoms. The van der Waals surface area contributed by atoms with Crippen molar-refractivity contribution in [3.63, 3.8) is 0 Å². The second-order valence-corrected chi connectivity index (χ2v) is 5.73. The fraction of sp³-hybridized carbons (Fsp3) is 0.833. The molecule has 2 aliphatic rings. The van der Waals surface area contributed by atoms with Crippen LogP contribution in [0.5, 0.6) is 0 Å². The van der Waals surface area contributed by atoms with Crippen LogP contribution < -0.4 is 0 Å². The Morgan fingerprint density at radius 2 is 2.00 bits per heavy atom. The number of hydrogen-bond acceptors (Lipinski definition) is 1. The lowest BCUT2D eigenvalue weighted by molar-refractivity contribution is 0.128. The van der Waals surface area contributed by atoms with Crippen molar-refractivity contribution in [1.29, 1.82) is 0 Å². The van der Waals surface area contributed by atoms with Gasteiger partial charge in [-0.3, -0.25) is 0 Å². The van der Waals surface area contributed by atoms with E-state index in [1.54, 1.807) is 5.57 Å². The third kappa shape index (κ3) is 2.32. The van der Waals surface area contributed by atoms with Gasteiger partial charge in [0.25, 0.3) is 0 Å². The zero-order chi connectivity index (χ0) is 9.97. The number of halogens is 1. The molecule has 1 aliphatic heterocycles. The Morgan fingerprint density at radius 1 is 1.29 bits per heavy atom. The molecule has 1 saturated carbocycles. The third-order valence-electron chi connectivity index (χ3n) is 3.43. The summed E-state index contributed by atoms with van der Waals surface area (Å²) in [5.74, 6) is 0.733. The molecule has 0 radical (unpaired) electrons. The lowest BCUT2D eigenvalue weighted by Crippen LogP contribution is -2.15. The molecular weight excluding hydrogens is 287 g/mol. The van der Waals surface area contributed by atoms with Gasteiger partial charge in [-0.05, 0) is 60.6 Å². The van der Waals surface area contributed by atoms with Crippen molar-refractivity contribution in [3.8, 4) is 0 Å². The van der Waals surface area contributed by atoms with E-state index in [1.807, 2.05) is 0 Å². The summed E-state index contributed by atoms with van der Waals surface area (Å²) in [6.45, 7) is 3.28. The Kier molecular flexibility index (Phi) is 3.88. The molecule has 0 aromatic rings. The molecule has 0 spiro atoms. The number of ether oxygens (including phenoxy) is 1. The molecule has 0 bridgehead atoms. The van der Waals surface area contributed by atoms with Gasteiger partial charge in [-0.2, -0.15) is 0 Å². The maximum atomic E-state index is 5.81. The Morgan fingerprint density at radius 3 is 2.57 bits per heavy atom. The zero-order valence-corrected chi connectivity index (χ0v) is 11.0. The summed E-state index contributed by atoms with van der Waals surface area (Å²) in [5.41, 5.74) is 1.69. The van der Waals surface area contributed by atoms with E-state index < -0.39 is 0 Å². The smallest absolute Gasteiger partial charge is 0.0907 e. The number of allylic oxidation sites excluding steroid dienone is 1. The van der Waals surface area contributed by atoms with Crippen molar-refractivity contribution in [2.75, 3.05) is 6.61 Å². The highest BCUT2D eigenvalue weighted by atomic mass is 127. The van der Waals surface area contributed by atoms with Crippen LogP contribution in [-0.4, -0.2) is 12.7 Å². The fourth-order valence-electron chi connectivity index (χ4n) is 2.44. The first-order valence-corrected chi connectivity index (χ1v) is 6.86. The van der Waals surface area contributed by atoms with Crippen LogP contribution in [0.3, 0.4) is 0 Å². The summed E-state index contributed by atoms with van der Waals surface area (Å²) in [5, 5.41) is 0. The first-order valence-electron chi connectivity index (χ1n) is 5.78. The molecule has 2 fully saturated rings. The van der Waals surface area contributed by atoms with Gasteiger partial charge in [0, 0.05) is 10.2 Å². The quantitative estimate of drug-likeness (QED) is 0.664. The molecule has 0 N–H and O–H groups in total. The van der Waals surface area contributed by atoms with Crippen molar-refractivity contribution in [1.82, 2.24) is 0 Å². The van der Waals surface area contributed by atoms with E-state index >= 15 is 0 Å². The maximum absolute atomic E-state index is 5.81. The largest absolute Gasteiger partial charge is 0.373 e. The average molecular weight is 306 g/mol. The Balaban J connectivity index is 2.07. The van der Waals surface area contributed by atoms with Gasteiger partial charge in [0.1, 0.15) is 0 Å². The first kappa shape index (κ1) is 10.9. The van der Waals surface area contributed by atoms with Crippen molar-refractivity contribution >= 4 is 22.6 Å². The molecule has 1 heterocycles. The van der Waals surface area contributed by atoms with Crippen LogP contribution in [0, 0.1) is 5.92 Å². The van der Waals surface area contributed by atoms with Gasteiger partial charge in [-0.1, -0.05) is 18.9 Å².